The Balaban J connectivity index is 0.000000301. The van der Waals surface area contributed by atoms with Gasteiger partial charge in [0.1, 0.15) is 11.9 Å². The van der Waals surface area contributed by atoms with Crippen LogP contribution < -0.4 is 4.74 Å². The first-order valence-electron chi connectivity index (χ1n) is 10.5. The first kappa shape index (κ1) is 30.1. The maximum absolute atomic E-state index is 10.6. The third kappa shape index (κ3) is 10.1. The quantitative estimate of drug-likeness (QED) is 0.462. The van der Waals surface area contributed by atoms with Crippen molar-refractivity contribution < 1.29 is 55.4 Å². The summed E-state index contributed by atoms with van der Waals surface area (Å²) < 4.78 is 76.7. The number of fused-ring (bicyclic) bond motifs is 1. The minimum atomic E-state index is -5.08. The van der Waals surface area contributed by atoms with Gasteiger partial charge >= 0.3 is 24.3 Å². The summed E-state index contributed by atoms with van der Waals surface area (Å²) in [6.07, 6.45) is -6.63. The number of hydrogen-bond donors (Lipinski definition) is 2. The highest BCUT2D eigenvalue weighted by atomic mass is 19.4. The summed E-state index contributed by atoms with van der Waals surface area (Å²) in [6, 6.07) is 9.69. The second-order valence-electron chi connectivity index (χ2n) is 7.62. The molecule has 38 heavy (non-hydrogen) atoms. The number of nitrogens with zero attached hydrogens (tertiary/aromatic N) is 5. The average Bonchev–Trinajstić information content (AvgIpc) is 3.38. The van der Waals surface area contributed by atoms with Crippen molar-refractivity contribution in [3.8, 4) is 5.88 Å². The van der Waals surface area contributed by atoms with Crippen LogP contribution in [0.3, 0.4) is 0 Å². The molecule has 3 aromatic heterocycles. The van der Waals surface area contributed by atoms with Gasteiger partial charge in [0, 0.05) is 44.2 Å². The molecule has 1 aliphatic rings. The van der Waals surface area contributed by atoms with Crippen LogP contribution in [0.4, 0.5) is 26.3 Å². The van der Waals surface area contributed by atoms with Crippen molar-refractivity contribution in [2.45, 2.75) is 45.0 Å². The van der Waals surface area contributed by atoms with E-state index in [2.05, 4.69) is 20.1 Å². The Bertz CT molecular complexity index is 1160. The minimum absolute atomic E-state index is 0.0333. The number of halogens is 6. The predicted molar refractivity (Wildman–Crippen MR) is 114 cm³/mol. The molecule has 0 spiro atoms. The zero-order chi connectivity index (χ0) is 28.5. The Morgan fingerprint density at radius 2 is 1.68 bits per heavy atom. The second-order valence-corrected chi connectivity index (χ2v) is 7.62. The number of carboxylic acids is 2. The summed E-state index contributed by atoms with van der Waals surface area (Å²) in [5.41, 5.74) is 2.10. The summed E-state index contributed by atoms with van der Waals surface area (Å²) in [5, 5.41) is 22.8. The van der Waals surface area contributed by atoms with Crippen molar-refractivity contribution in [2.24, 2.45) is 0 Å². The summed E-state index contributed by atoms with van der Waals surface area (Å²) in [5.74, 6) is -4.05. The number of aromatic nitrogens is 4. The highest BCUT2D eigenvalue weighted by molar-refractivity contribution is 5.73. The molecule has 17 heteroatoms. The minimum Gasteiger partial charge on any atom is -0.475 e. The van der Waals surface area contributed by atoms with E-state index < -0.39 is 24.3 Å². The summed E-state index contributed by atoms with van der Waals surface area (Å²) in [6.45, 7) is 4.89. The molecule has 11 nitrogen and oxygen atoms in total. The van der Waals surface area contributed by atoms with E-state index in [4.69, 9.17) is 29.1 Å². The Kier molecular flexibility index (Phi) is 10.2. The third-order valence-electron chi connectivity index (χ3n) is 4.50. The predicted octanol–water partition coefficient (Wildman–Crippen LogP) is 3.30. The van der Waals surface area contributed by atoms with Crippen LogP contribution >= 0.6 is 0 Å². The Morgan fingerprint density at radius 1 is 1.05 bits per heavy atom. The molecule has 0 aliphatic carbocycles. The maximum Gasteiger partial charge on any atom is 0.490 e. The van der Waals surface area contributed by atoms with Crippen LogP contribution in [0, 0.1) is 6.92 Å². The topological polar surface area (TPSA) is 144 Å². The first-order chi connectivity index (χ1) is 17.6. The van der Waals surface area contributed by atoms with Crippen molar-refractivity contribution in [1.82, 2.24) is 24.8 Å². The molecule has 3 aromatic rings. The fraction of sp³-hybridized carbons (Fsp3) is 0.381. The zero-order valence-electron chi connectivity index (χ0n) is 19.5. The Morgan fingerprint density at radius 3 is 2.18 bits per heavy atom. The van der Waals surface area contributed by atoms with Gasteiger partial charge in [0.15, 0.2) is 0 Å². The third-order valence-corrected chi connectivity index (χ3v) is 4.50. The molecule has 0 saturated carbocycles. The number of ether oxygens (including phenoxy) is 1. The number of rotatable bonds is 4. The summed E-state index contributed by atoms with van der Waals surface area (Å²) in [4.78, 5) is 24.4. The van der Waals surface area contributed by atoms with Crippen LogP contribution in [-0.4, -0.2) is 72.0 Å². The smallest absolute Gasteiger partial charge is 0.475 e. The molecule has 1 aliphatic heterocycles. The lowest BCUT2D eigenvalue weighted by molar-refractivity contribution is -0.193. The number of carbonyl (C=O) groups is 2. The number of aryl methyl sites for hydroxylation is 1. The van der Waals surface area contributed by atoms with Crippen LogP contribution in [0.15, 0.2) is 47.2 Å². The molecule has 0 aromatic carbocycles. The van der Waals surface area contributed by atoms with Crippen molar-refractivity contribution >= 4 is 11.9 Å². The van der Waals surface area contributed by atoms with Crippen molar-refractivity contribution in [3.05, 3.63) is 59.9 Å². The zero-order valence-corrected chi connectivity index (χ0v) is 19.5. The maximum atomic E-state index is 10.6. The Hall–Kier alpha value is -4.15. The average molecular weight is 553 g/mol. The fourth-order valence-electron chi connectivity index (χ4n) is 3.00. The lowest BCUT2D eigenvalue weighted by Gasteiger charge is -2.23. The molecule has 0 amide bonds. The van der Waals surface area contributed by atoms with E-state index in [1.807, 2.05) is 48.1 Å². The highest BCUT2D eigenvalue weighted by Gasteiger charge is 2.38. The van der Waals surface area contributed by atoms with Gasteiger partial charge in [-0.1, -0.05) is 11.2 Å². The van der Waals surface area contributed by atoms with Gasteiger partial charge in [-0.15, -0.1) is 0 Å². The molecule has 0 fully saturated rings. The molecule has 208 valence electrons. The van der Waals surface area contributed by atoms with Crippen molar-refractivity contribution in [3.63, 3.8) is 0 Å². The molecular weight excluding hydrogens is 532 g/mol. The summed E-state index contributed by atoms with van der Waals surface area (Å²) in [7, 11) is 0. The molecule has 0 radical (unpaired) electrons. The fourth-order valence-corrected chi connectivity index (χ4v) is 3.00. The van der Waals surface area contributed by atoms with Gasteiger partial charge in [0.2, 0.25) is 5.88 Å². The highest BCUT2D eigenvalue weighted by Crippen LogP contribution is 2.18. The number of carboxylic acid groups (broad SMARTS) is 2. The molecule has 1 atom stereocenters. The van der Waals surface area contributed by atoms with E-state index >= 15 is 0 Å². The monoisotopic (exact) mass is 553 g/mol. The number of aliphatic carboxylic acids is 2. The van der Waals surface area contributed by atoms with Crippen LogP contribution in [0.25, 0.3) is 0 Å². The molecule has 0 bridgehead atoms. The largest absolute Gasteiger partial charge is 0.490 e. The van der Waals surface area contributed by atoms with Gasteiger partial charge in [-0.25, -0.2) is 14.6 Å². The molecule has 2 N–H and O–H groups in total. The van der Waals surface area contributed by atoms with E-state index in [9.17, 15) is 26.3 Å². The number of pyridine rings is 1. The first-order valence-corrected chi connectivity index (χ1v) is 10.5. The SMILES string of the molecule is Cc1cc(CN2Cc3ccnn3CC(Oc3ccccn3)C2)no1.O=C(O)C(F)(F)F.O=C(O)C(F)(F)F. The van der Waals surface area contributed by atoms with Gasteiger partial charge < -0.3 is 19.5 Å². The lowest BCUT2D eigenvalue weighted by atomic mass is 10.3. The van der Waals surface area contributed by atoms with Crippen LogP contribution in [0.5, 0.6) is 5.88 Å². The molecular formula is C21H21F6N5O6. The Labute approximate surface area is 210 Å². The normalized spacial score (nSPS) is 15.6. The van der Waals surface area contributed by atoms with E-state index in [0.29, 0.717) is 19.0 Å². The molecule has 4 rings (SSSR count). The number of alkyl halides is 6. The van der Waals surface area contributed by atoms with Crippen LogP contribution in [0.2, 0.25) is 0 Å². The molecule has 0 saturated heterocycles. The van der Waals surface area contributed by atoms with Gasteiger partial charge in [0.05, 0.1) is 17.9 Å². The van der Waals surface area contributed by atoms with Crippen LogP contribution in [0.1, 0.15) is 17.1 Å². The second kappa shape index (κ2) is 12.9. The van der Waals surface area contributed by atoms with E-state index in [-0.39, 0.29) is 6.10 Å². The van der Waals surface area contributed by atoms with Gasteiger partial charge in [0.25, 0.3) is 0 Å². The standard InChI is InChI=1S/C17H19N5O2.2C2HF3O2/c1-13-8-14(20-24-13)9-21-10-15-5-7-19-22(15)12-16(11-21)23-17-4-2-3-6-18-17;2*3-2(4,5)1(6)7/h2-8,16H,9-12H2,1H3;2*(H,6,7). The van der Waals surface area contributed by atoms with E-state index in [1.54, 1.807) is 6.20 Å². The van der Waals surface area contributed by atoms with E-state index in [0.717, 1.165) is 24.5 Å². The van der Waals surface area contributed by atoms with Gasteiger partial charge in [-0.2, -0.15) is 31.4 Å². The summed E-state index contributed by atoms with van der Waals surface area (Å²) >= 11 is 0. The van der Waals surface area contributed by atoms with Crippen molar-refractivity contribution in [2.75, 3.05) is 6.54 Å². The molecule has 1 unspecified atom stereocenters. The van der Waals surface area contributed by atoms with Crippen LogP contribution in [-0.2, 0) is 29.2 Å². The van der Waals surface area contributed by atoms with E-state index in [1.165, 1.54) is 5.69 Å². The number of hydrogen-bond acceptors (Lipinski definition) is 8. The van der Waals surface area contributed by atoms with Gasteiger partial charge in [-0.05, 0) is 19.1 Å². The van der Waals surface area contributed by atoms with Gasteiger partial charge in [-0.3, -0.25) is 9.58 Å². The molecule has 4 heterocycles. The van der Waals surface area contributed by atoms with Crippen molar-refractivity contribution in [1.29, 1.82) is 0 Å². The lowest BCUT2D eigenvalue weighted by Crippen LogP contribution is -2.35.